The van der Waals surface area contributed by atoms with Gasteiger partial charge in [0.25, 0.3) is 0 Å². The van der Waals surface area contributed by atoms with Crippen molar-refractivity contribution < 1.29 is 4.79 Å². The molecule has 1 N–H and O–H groups in total. The first-order valence-electron chi connectivity index (χ1n) is 6.44. The molecule has 0 bridgehead atoms. The highest BCUT2D eigenvalue weighted by atomic mass is 32.1. The summed E-state index contributed by atoms with van der Waals surface area (Å²) < 4.78 is 0. The van der Waals surface area contributed by atoms with Crippen molar-refractivity contribution in [3.63, 3.8) is 0 Å². The van der Waals surface area contributed by atoms with Gasteiger partial charge < -0.3 is 9.80 Å². The topological polar surface area (TPSA) is 35.6 Å². The third-order valence-corrected chi connectivity index (χ3v) is 4.86. The Kier molecular flexibility index (Phi) is 3.13. The minimum atomic E-state index is 0.0905. The molecule has 0 aliphatic carbocycles. The molecule has 1 amide bonds. The molecule has 1 aromatic rings. The molecular weight excluding hydrogens is 246 g/mol. The van der Waals surface area contributed by atoms with Gasteiger partial charge in [-0.2, -0.15) is 0 Å². The van der Waals surface area contributed by atoms with Gasteiger partial charge in [-0.3, -0.25) is 10.1 Å². The van der Waals surface area contributed by atoms with Gasteiger partial charge in [0.1, 0.15) is 6.17 Å². The Labute approximate surface area is 112 Å². The zero-order valence-electron chi connectivity index (χ0n) is 10.8. The molecule has 0 aromatic carbocycles. The number of rotatable bonds is 2. The summed E-state index contributed by atoms with van der Waals surface area (Å²) >= 11 is 1.78. The molecule has 98 valence electrons. The quantitative estimate of drug-likeness (QED) is 0.872. The monoisotopic (exact) mass is 265 g/mol. The lowest BCUT2D eigenvalue weighted by atomic mass is 10.2. The molecule has 2 saturated heterocycles. The molecule has 2 aliphatic rings. The van der Waals surface area contributed by atoms with Crippen molar-refractivity contribution in [2.24, 2.45) is 0 Å². The molecular formula is C13H19N3OS. The van der Waals surface area contributed by atoms with E-state index in [0.717, 1.165) is 19.5 Å². The predicted molar refractivity (Wildman–Crippen MR) is 72.5 cm³/mol. The van der Waals surface area contributed by atoms with Crippen molar-refractivity contribution >= 4 is 17.2 Å². The third kappa shape index (κ3) is 2.06. The Morgan fingerprint density at radius 3 is 2.89 bits per heavy atom. The molecule has 18 heavy (non-hydrogen) atoms. The second kappa shape index (κ2) is 4.64. The maximum Gasteiger partial charge on any atom is 0.238 e. The second-order valence-electron chi connectivity index (χ2n) is 5.24. The highest BCUT2D eigenvalue weighted by Gasteiger charge is 2.39. The Balaban J connectivity index is 1.83. The van der Waals surface area contributed by atoms with Gasteiger partial charge in [-0.1, -0.05) is 0 Å². The molecule has 3 rings (SSSR count). The number of hydrogen-bond acceptors (Lipinski definition) is 4. The summed E-state index contributed by atoms with van der Waals surface area (Å²) in [5.41, 5.74) is 0. The van der Waals surface area contributed by atoms with Crippen molar-refractivity contribution in [3.05, 3.63) is 21.9 Å². The molecule has 4 nitrogen and oxygen atoms in total. The zero-order valence-corrected chi connectivity index (χ0v) is 11.7. The number of nitrogens with one attached hydrogen (secondary N) is 1. The fourth-order valence-corrected chi connectivity index (χ4v) is 3.86. The predicted octanol–water partition coefficient (Wildman–Crippen LogP) is 1.19. The van der Waals surface area contributed by atoms with Crippen LogP contribution in [0.25, 0.3) is 0 Å². The van der Waals surface area contributed by atoms with E-state index < -0.39 is 0 Å². The van der Waals surface area contributed by atoms with Crippen LogP contribution in [0.1, 0.15) is 22.3 Å². The average molecular weight is 265 g/mol. The first-order chi connectivity index (χ1) is 8.65. The summed E-state index contributed by atoms with van der Waals surface area (Å²) in [7, 11) is 2.12. The first-order valence-corrected chi connectivity index (χ1v) is 7.26. The van der Waals surface area contributed by atoms with Crippen LogP contribution in [0, 0.1) is 6.92 Å². The Hall–Kier alpha value is -0.910. The van der Waals surface area contributed by atoms with E-state index in [1.165, 1.54) is 9.75 Å². The van der Waals surface area contributed by atoms with Crippen LogP contribution < -0.4 is 5.32 Å². The van der Waals surface area contributed by atoms with Crippen LogP contribution in [0.15, 0.2) is 12.1 Å². The number of likely N-dealkylation sites (tertiary alicyclic amines) is 1. The third-order valence-electron chi connectivity index (χ3n) is 3.80. The number of likely N-dealkylation sites (N-methyl/N-ethyl adjacent to an activating group) is 1. The molecule has 1 aromatic heterocycles. The van der Waals surface area contributed by atoms with Crippen LogP contribution in [-0.4, -0.2) is 48.4 Å². The Morgan fingerprint density at radius 2 is 2.28 bits per heavy atom. The summed E-state index contributed by atoms with van der Waals surface area (Å²) in [6, 6.07) is 4.63. The molecule has 3 heterocycles. The molecule has 5 heteroatoms. The van der Waals surface area contributed by atoms with Gasteiger partial charge in [0.15, 0.2) is 0 Å². The number of aryl methyl sites for hydroxylation is 1. The largest absolute Gasteiger partial charge is 0.317 e. The van der Waals surface area contributed by atoms with Crippen LogP contribution in [0.2, 0.25) is 0 Å². The van der Waals surface area contributed by atoms with Gasteiger partial charge in [-0.25, -0.2) is 0 Å². The van der Waals surface area contributed by atoms with Crippen molar-refractivity contribution in [2.45, 2.75) is 25.6 Å². The van der Waals surface area contributed by atoms with Crippen LogP contribution in [0.5, 0.6) is 0 Å². The average Bonchev–Trinajstić information content (AvgIpc) is 2.99. The number of carbonyl (C=O) groups excluding carboxylic acids is 1. The van der Waals surface area contributed by atoms with Gasteiger partial charge in [-0.05, 0) is 39.1 Å². The molecule has 0 saturated carbocycles. The molecule has 0 radical (unpaired) electrons. The highest BCUT2D eigenvalue weighted by Crippen LogP contribution is 2.32. The van der Waals surface area contributed by atoms with E-state index in [0.29, 0.717) is 12.6 Å². The molecule has 2 atom stereocenters. The highest BCUT2D eigenvalue weighted by molar-refractivity contribution is 7.12. The fraction of sp³-hybridized carbons (Fsp3) is 0.615. The maximum atomic E-state index is 12.1. The number of thiophene rings is 1. The van der Waals surface area contributed by atoms with Crippen molar-refractivity contribution in [1.82, 2.24) is 15.1 Å². The van der Waals surface area contributed by atoms with E-state index in [9.17, 15) is 4.79 Å². The summed E-state index contributed by atoms with van der Waals surface area (Å²) in [6.07, 6.45) is 1.18. The van der Waals surface area contributed by atoms with E-state index in [4.69, 9.17) is 0 Å². The minimum Gasteiger partial charge on any atom is -0.317 e. The lowest BCUT2D eigenvalue weighted by molar-refractivity contribution is -0.130. The van der Waals surface area contributed by atoms with Crippen LogP contribution >= 0.6 is 11.3 Å². The number of carbonyl (C=O) groups is 1. The summed E-state index contributed by atoms with van der Waals surface area (Å²) in [6.45, 7) is 4.67. The summed E-state index contributed by atoms with van der Waals surface area (Å²) in [5.74, 6) is 0.242. The minimum absolute atomic E-state index is 0.0905. The molecule has 0 spiro atoms. The first kappa shape index (κ1) is 12.1. The smallest absolute Gasteiger partial charge is 0.238 e. The number of nitrogens with zero attached hydrogens (tertiary/aromatic N) is 2. The lowest BCUT2D eigenvalue weighted by Gasteiger charge is -2.29. The summed E-state index contributed by atoms with van der Waals surface area (Å²) in [5, 5.41) is 3.35. The van der Waals surface area contributed by atoms with E-state index in [-0.39, 0.29) is 12.1 Å². The SMILES string of the molecule is Cc1ccc(C2NCC(=O)N2C2CCN(C)C2)s1. The molecule has 2 fully saturated rings. The molecule has 2 unspecified atom stereocenters. The van der Waals surface area contributed by atoms with Gasteiger partial charge in [0, 0.05) is 22.3 Å². The Bertz CT molecular complexity index is 459. The fourth-order valence-electron chi connectivity index (χ4n) is 2.91. The van der Waals surface area contributed by atoms with E-state index in [1.807, 2.05) is 0 Å². The van der Waals surface area contributed by atoms with Gasteiger partial charge in [0.2, 0.25) is 5.91 Å². The van der Waals surface area contributed by atoms with Crippen LogP contribution in [0.4, 0.5) is 0 Å². The Morgan fingerprint density at radius 1 is 1.44 bits per heavy atom. The van der Waals surface area contributed by atoms with Crippen LogP contribution in [0.3, 0.4) is 0 Å². The molecule has 2 aliphatic heterocycles. The normalized spacial score (nSPS) is 29.4. The zero-order chi connectivity index (χ0) is 12.7. The van der Waals surface area contributed by atoms with Gasteiger partial charge in [-0.15, -0.1) is 11.3 Å². The number of hydrogen-bond donors (Lipinski definition) is 1. The van der Waals surface area contributed by atoms with E-state index in [2.05, 4.69) is 41.2 Å². The summed E-state index contributed by atoms with van der Waals surface area (Å²) in [4.78, 5) is 19.0. The van der Waals surface area contributed by atoms with Crippen molar-refractivity contribution in [1.29, 1.82) is 0 Å². The maximum absolute atomic E-state index is 12.1. The van der Waals surface area contributed by atoms with Gasteiger partial charge in [0.05, 0.1) is 6.54 Å². The number of amides is 1. The lowest BCUT2D eigenvalue weighted by Crippen LogP contribution is -2.40. The van der Waals surface area contributed by atoms with Gasteiger partial charge >= 0.3 is 0 Å². The second-order valence-corrected chi connectivity index (χ2v) is 6.56. The van der Waals surface area contributed by atoms with Crippen molar-refractivity contribution in [2.75, 3.05) is 26.7 Å². The van der Waals surface area contributed by atoms with E-state index in [1.54, 1.807) is 11.3 Å². The standard InChI is InChI=1S/C13H19N3OS/c1-9-3-4-11(18-9)13-14-7-12(17)16(13)10-5-6-15(2)8-10/h3-4,10,13-14H,5-8H2,1-2H3. The van der Waals surface area contributed by atoms with E-state index >= 15 is 0 Å². The van der Waals surface area contributed by atoms with Crippen LogP contribution in [-0.2, 0) is 4.79 Å². The van der Waals surface area contributed by atoms with Crippen molar-refractivity contribution in [3.8, 4) is 0 Å².